The van der Waals surface area contributed by atoms with Gasteiger partial charge in [-0.05, 0) is 19.2 Å². The standard InChI is InChI=1S/C14H14N4/c1-15-10-12-8-5-9-13-16-17-14(18(12)13)11-6-3-2-4-7-11/h2-9,15H,10H2,1H3. The van der Waals surface area contributed by atoms with Gasteiger partial charge in [0.05, 0.1) is 0 Å². The third-order valence-corrected chi connectivity index (χ3v) is 2.90. The van der Waals surface area contributed by atoms with Crippen molar-refractivity contribution in [1.29, 1.82) is 0 Å². The topological polar surface area (TPSA) is 42.2 Å². The number of hydrogen-bond acceptors (Lipinski definition) is 3. The Kier molecular flexibility index (Phi) is 2.78. The largest absolute Gasteiger partial charge is 0.314 e. The SMILES string of the molecule is CNCc1cccc2nnc(-c3ccccc3)n12. The first-order valence-corrected chi connectivity index (χ1v) is 5.93. The van der Waals surface area contributed by atoms with Gasteiger partial charge in [0, 0.05) is 17.8 Å². The molecule has 0 aliphatic rings. The zero-order valence-electron chi connectivity index (χ0n) is 10.2. The van der Waals surface area contributed by atoms with E-state index < -0.39 is 0 Å². The van der Waals surface area contributed by atoms with Crippen molar-refractivity contribution in [2.75, 3.05) is 7.05 Å². The fraction of sp³-hybridized carbons (Fsp3) is 0.143. The molecule has 0 bridgehead atoms. The molecule has 4 heteroatoms. The minimum absolute atomic E-state index is 0.787. The van der Waals surface area contributed by atoms with Gasteiger partial charge in [-0.3, -0.25) is 4.40 Å². The number of nitrogens with one attached hydrogen (secondary N) is 1. The molecule has 0 aliphatic carbocycles. The zero-order valence-corrected chi connectivity index (χ0v) is 10.2. The van der Waals surface area contributed by atoms with Crippen molar-refractivity contribution in [2.45, 2.75) is 6.54 Å². The zero-order chi connectivity index (χ0) is 12.4. The Balaban J connectivity index is 2.24. The van der Waals surface area contributed by atoms with E-state index in [0.29, 0.717) is 0 Å². The highest BCUT2D eigenvalue weighted by Crippen LogP contribution is 2.19. The van der Waals surface area contributed by atoms with E-state index in [0.717, 1.165) is 29.3 Å². The molecule has 0 amide bonds. The van der Waals surface area contributed by atoms with Gasteiger partial charge in [-0.1, -0.05) is 36.4 Å². The lowest BCUT2D eigenvalue weighted by atomic mass is 10.2. The van der Waals surface area contributed by atoms with Crippen LogP contribution in [0.15, 0.2) is 48.5 Å². The van der Waals surface area contributed by atoms with E-state index in [4.69, 9.17) is 0 Å². The van der Waals surface area contributed by atoms with Crippen molar-refractivity contribution >= 4 is 5.65 Å². The van der Waals surface area contributed by atoms with E-state index in [2.05, 4.69) is 26.0 Å². The smallest absolute Gasteiger partial charge is 0.168 e. The van der Waals surface area contributed by atoms with Crippen LogP contribution in [-0.2, 0) is 6.54 Å². The van der Waals surface area contributed by atoms with Crippen LogP contribution in [0.25, 0.3) is 17.0 Å². The molecular formula is C14H14N4. The maximum atomic E-state index is 4.29. The number of hydrogen-bond donors (Lipinski definition) is 1. The summed E-state index contributed by atoms with van der Waals surface area (Å²) in [6, 6.07) is 16.2. The third-order valence-electron chi connectivity index (χ3n) is 2.90. The maximum Gasteiger partial charge on any atom is 0.168 e. The molecule has 4 nitrogen and oxygen atoms in total. The van der Waals surface area contributed by atoms with E-state index in [-0.39, 0.29) is 0 Å². The van der Waals surface area contributed by atoms with E-state index in [9.17, 15) is 0 Å². The average molecular weight is 238 g/mol. The van der Waals surface area contributed by atoms with E-state index in [1.54, 1.807) is 0 Å². The summed E-state index contributed by atoms with van der Waals surface area (Å²) >= 11 is 0. The third kappa shape index (κ3) is 1.76. The van der Waals surface area contributed by atoms with E-state index >= 15 is 0 Å². The lowest BCUT2D eigenvalue weighted by molar-refractivity contribution is 0.778. The number of nitrogens with zero attached hydrogens (tertiary/aromatic N) is 3. The Morgan fingerprint density at radius 2 is 1.83 bits per heavy atom. The van der Waals surface area contributed by atoms with Crippen LogP contribution < -0.4 is 5.32 Å². The monoisotopic (exact) mass is 238 g/mol. The van der Waals surface area contributed by atoms with Crippen molar-refractivity contribution in [1.82, 2.24) is 19.9 Å². The van der Waals surface area contributed by atoms with Gasteiger partial charge in [-0.15, -0.1) is 10.2 Å². The van der Waals surface area contributed by atoms with Crippen molar-refractivity contribution in [3.63, 3.8) is 0 Å². The average Bonchev–Trinajstić information content (AvgIpc) is 2.85. The van der Waals surface area contributed by atoms with Gasteiger partial charge < -0.3 is 5.32 Å². The summed E-state index contributed by atoms with van der Waals surface area (Å²) in [5, 5.41) is 11.7. The van der Waals surface area contributed by atoms with Crippen LogP contribution in [0.4, 0.5) is 0 Å². The summed E-state index contributed by atoms with van der Waals surface area (Å²) in [6.07, 6.45) is 0. The van der Waals surface area contributed by atoms with Gasteiger partial charge >= 0.3 is 0 Å². The summed E-state index contributed by atoms with van der Waals surface area (Å²) in [4.78, 5) is 0. The molecule has 0 saturated carbocycles. The molecule has 0 spiro atoms. The quantitative estimate of drug-likeness (QED) is 0.760. The van der Waals surface area contributed by atoms with Gasteiger partial charge in [-0.25, -0.2) is 0 Å². The Hall–Kier alpha value is -2.20. The molecule has 2 heterocycles. The molecule has 0 aliphatic heterocycles. The molecule has 3 aromatic rings. The van der Waals surface area contributed by atoms with Gasteiger partial charge in [0.15, 0.2) is 11.5 Å². The predicted octanol–water partition coefficient (Wildman–Crippen LogP) is 2.12. The first-order valence-electron chi connectivity index (χ1n) is 5.93. The summed E-state index contributed by atoms with van der Waals surface area (Å²) in [5.41, 5.74) is 3.11. The summed E-state index contributed by atoms with van der Waals surface area (Å²) in [5.74, 6) is 0.886. The minimum atomic E-state index is 0.787. The molecular weight excluding hydrogens is 224 g/mol. The van der Waals surface area contributed by atoms with Crippen LogP contribution in [0.2, 0.25) is 0 Å². The molecule has 90 valence electrons. The molecule has 0 atom stereocenters. The van der Waals surface area contributed by atoms with Crippen LogP contribution >= 0.6 is 0 Å². The number of benzene rings is 1. The van der Waals surface area contributed by atoms with Crippen LogP contribution in [-0.4, -0.2) is 21.6 Å². The Morgan fingerprint density at radius 1 is 1.00 bits per heavy atom. The fourth-order valence-electron chi connectivity index (χ4n) is 2.10. The van der Waals surface area contributed by atoms with E-state index in [1.807, 2.05) is 49.5 Å². The highest BCUT2D eigenvalue weighted by atomic mass is 15.3. The molecule has 0 saturated heterocycles. The number of rotatable bonds is 3. The second-order valence-corrected chi connectivity index (χ2v) is 4.13. The van der Waals surface area contributed by atoms with Gasteiger partial charge in [0.1, 0.15) is 0 Å². The predicted molar refractivity (Wildman–Crippen MR) is 71.2 cm³/mol. The number of fused-ring (bicyclic) bond motifs is 1. The summed E-state index contributed by atoms with van der Waals surface area (Å²) < 4.78 is 2.09. The van der Waals surface area contributed by atoms with Crippen molar-refractivity contribution < 1.29 is 0 Å². The number of aromatic nitrogens is 3. The lowest BCUT2D eigenvalue weighted by Crippen LogP contribution is -2.09. The highest BCUT2D eigenvalue weighted by Gasteiger charge is 2.10. The first kappa shape index (κ1) is 10.9. The molecule has 2 aromatic heterocycles. The second-order valence-electron chi connectivity index (χ2n) is 4.13. The normalized spacial score (nSPS) is 10.9. The highest BCUT2D eigenvalue weighted by molar-refractivity contribution is 5.59. The van der Waals surface area contributed by atoms with Crippen molar-refractivity contribution in [3.8, 4) is 11.4 Å². The van der Waals surface area contributed by atoms with E-state index in [1.165, 1.54) is 0 Å². The Labute approximate surface area is 105 Å². The fourth-order valence-corrected chi connectivity index (χ4v) is 2.10. The van der Waals surface area contributed by atoms with Gasteiger partial charge in [-0.2, -0.15) is 0 Å². The second kappa shape index (κ2) is 4.58. The van der Waals surface area contributed by atoms with Crippen LogP contribution in [0.5, 0.6) is 0 Å². The van der Waals surface area contributed by atoms with Gasteiger partial charge in [0.25, 0.3) is 0 Å². The maximum absolute atomic E-state index is 4.29. The molecule has 18 heavy (non-hydrogen) atoms. The summed E-state index contributed by atoms with van der Waals surface area (Å²) in [7, 11) is 1.94. The Morgan fingerprint density at radius 3 is 2.61 bits per heavy atom. The lowest BCUT2D eigenvalue weighted by Gasteiger charge is -2.06. The molecule has 0 fully saturated rings. The van der Waals surface area contributed by atoms with Crippen molar-refractivity contribution in [3.05, 3.63) is 54.2 Å². The molecule has 0 radical (unpaired) electrons. The van der Waals surface area contributed by atoms with Gasteiger partial charge in [0.2, 0.25) is 0 Å². The minimum Gasteiger partial charge on any atom is -0.314 e. The van der Waals surface area contributed by atoms with Crippen LogP contribution in [0, 0.1) is 0 Å². The van der Waals surface area contributed by atoms with Crippen LogP contribution in [0.1, 0.15) is 5.69 Å². The first-order chi connectivity index (χ1) is 8.90. The van der Waals surface area contributed by atoms with Crippen LogP contribution in [0.3, 0.4) is 0 Å². The Bertz CT molecular complexity index is 658. The molecule has 3 rings (SSSR count). The number of pyridine rings is 1. The van der Waals surface area contributed by atoms with Crippen molar-refractivity contribution in [2.24, 2.45) is 0 Å². The molecule has 0 unspecified atom stereocenters. The molecule has 1 aromatic carbocycles. The summed E-state index contributed by atoms with van der Waals surface area (Å²) in [6.45, 7) is 0.787. The molecule has 1 N–H and O–H groups in total.